The Labute approximate surface area is 173 Å². The summed E-state index contributed by atoms with van der Waals surface area (Å²) < 4.78 is 18.2. The molecule has 2 heterocycles. The molecule has 1 aromatic carbocycles. The second-order valence-electron chi connectivity index (χ2n) is 6.01. The molecule has 9 heteroatoms. The van der Waals surface area contributed by atoms with Gasteiger partial charge in [0.25, 0.3) is 0 Å². The number of methoxy groups -OCH3 is 1. The Balaban J connectivity index is 1.56. The molecule has 1 N–H and O–H groups in total. The summed E-state index contributed by atoms with van der Waals surface area (Å²) in [6.45, 7) is 5.56. The molecule has 0 atom stereocenters. The lowest BCUT2D eigenvalue weighted by Crippen LogP contribution is -2.24. The number of hydrogen-bond acceptors (Lipinski definition) is 7. The van der Waals surface area contributed by atoms with E-state index in [0.717, 1.165) is 5.56 Å². The molecule has 3 rings (SSSR count). The zero-order valence-electron chi connectivity index (χ0n) is 16.7. The Morgan fingerprint density at radius 2 is 2.10 bits per heavy atom. The quantitative estimate of drug-likeness (QED) is 0.507. The number of carbonyl (C=O) groups excluding carboxylic acids is 1. The van der Waals surface area contributed by atoms with Crippen LogP contribution < -0.4 is 14.8 Å². The van der Waals surface area contributed by atoms with Gasteiger partial charge in [0, 0.05) is 13.1 Å². The summed E-state index contributed by atoms with van der Waals surface area (Å²) >= 11 is 1.34. The zero-order chi connectivity index (χ0) is 20.6. The minimum atomic E-state index is -0.0898. The highest BCUT2D eigenvalue weighted by Gasteiger charge is 2.16. The van der Waals surface area contributed by atoms with Crippen molar-refractivity contribution in [2.24, 2.45) is 0 Å². The van der Waals surface area contributed by atoms with Gasteiger partial charge in [-0.1, -0.05) is 17.8 Å². The van der Waals surface area contributed by atoms with Crippen molar-refractivity contribution < 1.29 is 18.7 Å². The summed E-state index contributed by atoms with van der Waals surface area (Å²) in [5, 5.41) is 12.0. The molecule has 0 spiro atoms. The molecule has 8 nitrogen and oxygen atoms in total. The van der Waals surface area contributed by atoms with E-state index in [2.05, 4.69) is 15.5 Å². The van der Waals surface area contributed by atoms with Gasteiger partial charge in [-0.25, -0.2) is 0 Å². The normalized spacial score (nSPS) is 10.7. The highest BCUT2D eigenvalue weighted by molar-refractivity contribution is 7.99. The third-order valence-electron chi connectivity index (χ3n) is 4.12. The van der Waals surface area contributed by atoms with Crippen molar-refractivity contribution in [3.05, 3.63) is 42.2 Å². The minimum absolute atomic E-state index is 0.0898. The lowest BCUT2D eigenvalue weighted by molar-refractivity contribution is -0.118. The molecular formula is C20H24N4O4S. The molecule has 0 fully saturated rings. The molecule has 154 valence electrons. The third-order valence-corrected chi connectivity index (χ3v) is 5.09. The largest absolute Gasteiger partial charge is 0.493 e. The number of ether oxygens (including phenoxy) is 2. The number of nitrogens with one attached hydrogen (secondary N) is 1. The van der Waals surface area contributed by atoms with E-state index >= 15 is 0 Å². The van der Waals surface area contributed by atoms with Gasteiger partial charge < -0.3 is 19.2 Å². The second-order valence-corrected chi connectivity index (χ2v) is 6.95. The van der Waals surface area contributed by atoms with Crippen molar-refractivity contribution in [2.45, 2.75) is 32.1 Å². The highest BCUT2D eigenvalue weighted by atomic mass is 32.2. The Hall–Kier alpha value is -2.94. The Kier molecular flexibility index (Phi) is 7.18. The predicted molar refractivity (Wildman–Crippen MR) is 110 cm³/mol. The Morgan fingerprint density at radius 3 is 2.79 bits per heavy atom. The standard InChI is InChI=1S/C20H24N4O4S/c1-4-24-19(16-7-6-10-28-16)22-23-20(24)29-13-18(25)21-12-14-8-9-15(27-5-2)17(11-14)26-3/h6-11H,4-5,12-13H2,1-3H3,(H,21,25). The molecule has 2 aromatic heterocycles. The number of nitrogens with zero attached hydrogens (tertiary/aromatic N) is 3. The van der Waals surface area contributed by atoms with E-state index in [1.807, 2.05) is 42.7 Å². The molecule has 3 aromatic rings. The van der Waals surface area contributed by atoms with Crippen LogP contribution in [0.15, 0.2) is 46.2 Å². The summed E-state index contributed by atoms with van der Waals surface area (Å²) in [6.07, 6.45) is 1.60. The van der Waals surface area contributed by atoms with Gasteiger partial charge in [-0.05, 0) is 43.7 Å². The summed E-state index contributed by atoms with van der Waals surface area (Å²) in [5.74, 6) is 2.79. The lowest BCUT2D eigenvalue weighted by atomic mass is 10.2. The lowest BCUT2D eigenvalue weighted by Gasteiger charge is -2.11. The van der Waals surface area contributed by atoms with Gasteiger partial charge in [0.1, 0.15) is 0 Å². The molecule has 1 amide bonds. The van der Waals surface area contributed by atoms with Gasteiger partial charge in [0.15, 0.2) is 28.2 Å². The van der Waals surface area contributed by atoms with Crippen molar-refractivity contribution in [1.29, 1.82) is 0 Å². The van der Waals surface area contributed by atoms with Gasteiger partial charge in [-0.15, -0.1) is 10.2 Å². The molecule has 0 aliphatic rings. The van der Waals surface area contributed by atoms with E-state index < -0.39 is 0 Å². The van der Waals surface area contributed by atoms with Crippen LogP contribution >= 0.6 is 11.8 Å². The summed E-state index contributed by atoms with van der Waals surface area (Å²) in [5.41, 5.74) is 0.931. The number of rotatable bonds is 10. The van der Waals surface area contributed by atoms with Gasteiger partial charge in [0.05, 0.1) is 25.7 Å². The van der Waals surface area contributed by atoms with Crippen LogP contribution in [0.5, 0.6) is 11.5 Å². The van der Waals surface area contributed by atoms with E-state index in [9.17, 15) is 4.79 Å². The monoisotopic (exact) mass is 416 g/mol. The number of amides is 1. The van der Waals surface area contributed by atoms with E-state index in [1.165, 1.54) is 11.8 Å². The maximum atomic E-state index is 12.3. The van der Waals surface area contributed by atoms with Crippen LogP contribution in [0.2, 0.25) is 0 Å². The van der Waals surface area contributed by atoms with Crippen LogP contribution in [-0.4, -0.2) is 40.1 Å². The molecule has 0 bridgehead atoms. The van der Waals surface area contributed by atoms with Crippen molar-refractivity contribution in [2.75, 3.05) is 19.5 Å². The van der Waals surface area contributed by atoms with Crippen LogP contribution in [0.1, 0.15) is 19.4 Å². The van der Waals surface area contributed by atoms with E-state index in [0.29, 0.717) is 47.9 Å². The number of hydrogen-bond donors (Lipinski definition) is 1. The van der Waals surface area contributed by atoms with E-state index in [1.54, 1.807) is 19.4 Å². The molecule has 0 aliphatic carbocycles. The summed E-state index contributed by atoms with van der Waals surface area (Å²) in [7, 11) is 1.59. The van der Waals surface area contributed by atoms with Crippen LogP contribution in [-0.2, 0) is 17.9 Å². The first-order valence-corrected chi connectivity index (χ1v) is 10.3. The fraction of sp³-hybridized carbons (Fsp3) is 0.350. The molecular weight excluding hydrogens is 392 g/mol. The van der Waals surface area contributed by atoms with E-state index in [4.69, 9.17) is 13.9 Å². The van der Waals surface area contributed by atoms with Crippen LogP contribution in [0.4, 0.5) is 0 Å². The number of furan rings is 1. The Bertz CT molecular complexity index is 940. The van der Waals surface area contributed by atoms with Crippen molar-refractivity contribution in [1.82, 2.24) is 20.1 Å². The maximum absolute atomic E-state index is 12.3. The van der Waals surface area contributed by atoms with Crippen LogP contribution in [0, 0.1) is 0 Å². The molecule has 0 aliphatic heterocycles. The minimum Gasteiger partial charge on any atom is -0.493 e. The van der Waals surface area contributed by atoms with Crippen molar-refractivity contribution >= 4 is 17.7 Å². The average molecular weight is 417 g/mol. The summed E-state index contributed by atoms with van der Waals surface area (Å²) in [6, 6.07) is 9.26. The van der Waals surface area contributed by atoms with Gasteiger partial charge in [0.2, 0.25) is 5.91 Å². The number of thioether (sulfide) groups is 1. The average Bonchev–Trinajstić information content (AvgIpc) is 3.40. The number of carbonyl (C=O) groups is 1. The molecule has 0 saturated heterocycles. The molecule has 0 unspecified atom stereocenters. The van der Waals surface area contributed by atoms with Crippen LogP contribution in [0.3, 0.4) is 0 Å². The smallest absolute Gasteiger partial charge is 0.230 e. The van der Waals surface area contributed by atoms with Crippen molar-refractivity contribution in [3.8, 4) is 23.1 Å². The first-order chi connectivity index (χ1) is 14.2. The van der Waals surface area contributed by atoms with Gasteiger partial charge >= 0.3 is 0 Å². The van der Waals surface area contributed by atoms with E-state index in [-0.39, 0.29) is 11.7 Å². The molecule has 0 radical (unpaired) electrons. The van der Waals surface area contributed by atoms with Crippen molar-refractivity contribution in [3.63, 3.8) is 0 Å². The Morgan fingerprint density at radius 1 is 1.24 bits per heavy atom. The first kappa shape index (κ1) is 20.8. The topological polar surface area (TPSA) is 91.4 Å². The first-order valence-electron chi connectivity index (χ1n) is 9.32. The van der Waals surface area contributed by atoms with Gasteiger partial charge in [-0.3, -0.25) is 9.36 Å². The fourth-order valence-corrected chi connectivity index (χ4v) is 3.58. The summed E-state index contributed by atoms with van der Waals surface area (Å²) in [4.78, 5) is 12.3. The maximum Gasteiger partial charge on any atom is 0.230 e. The fourth-order valence-electron chi connectivity index (χ4n) is 2.75. The predicted octanol–water partition coefficient (Wildman–Crippen LogP) is 3.37. The SMILES string of the molecule is CCOc1ccc(CNC(=O)CSc2nnc(-c3ccco3)n2CC)cc1OC. The molecule has 29 heavy (non-hydrogen) atoms. The molecule has 0 saturated carbocycles. The number of aromatic nitrogens is 3. The van der Waals surface area contributed by atoms with Gasteiger partial charge in [-0.2, -0.15) is 0 Å². The third kappa shape index (κ3) is 5.11. The van der Waals surface area contributed by atoms with Crippen LogP contribution in [0.25, 0.3) is 11.6 Å². The second kappa shape index (κ2) is 10.0. The zero-order valence-corrected chi connectivity index (χ0v) is 17.5. The number of benzene rings is 1. The highest BCUT2D eigenvalue weighted by Crippen LogP contribution is 2.28.